The summed E-state index contributed by atoms with van der Waals surface area (Å²) in [6.07, 6.45) is 2.88. The van der Waals surface area contributed by atoms with E-state index in [4.69, 9.17) is 4.74 Å². The zero-order valence-corrected chi connectivity index (χ0v) is 15.0. The first-order valence-electron chi connectivity index (χ1n) is 8.60. The number of ketones is 1. The molecule has 2 rings (SSSR count). The van der Waals surface area contributed by atoms with Gasteiger partial charge in [-0.05, 0) is 44.5 Å². The van der Waals surface area contributed by atoms with Crippen molar-refractivity contribution < 1.29 is 14.3 Å². The molecule has 0 aliphatic carbocycles. The van der Waals surface area contributed by atoms with Crippen molar-refractivity contribution >= 4 is 17.5 Å². The highest BCUT2D eigenvalue weighted by Gasteiger charge is 2.12. The largest absolute Gasteiger partial charge is 0.494 e. The number of benzene rings is 1. The summed E-state index contributed by atoms with van der Waals surface area (Å²) in [6, 6.07) is 8.93. The zero-order chi connectivity index (χ0) is 18.2. The Morgan fingerprint density at radius 2 is 1.88 bits per heavy atom. The first kappa shape index (κ1) is 18.7. The van der Waals surface area contributed by atoms with E-state index in [2.05, 4.69) is 10.4 Å². The molecule has 0 aliphatic heterocycles. The van der Waals surface area contributed by atoms with Gasteiger partial charge in [-0.2, -0.15) is 5.10 Å². The molecule has 0 atom stereocenters. The molecule has 0 saturated carbocycles. The van der Waals surface area contributed by atoms with E-state index in [1.807, 2.05) is 20.8 Å². The molecule has 0 saturated heterocycles. The number of nitrogens with zero attached hydrogens (tertiary/aromatic N) is 2. The predicted molar refractivity (Wildman–Crippen MR) is 97.0 cm³/mol. The third-order valence-electron chi connectivity index (χ3n) is 3.66. The fourth-order valence-electron chi connectivity index (χ4n) is 2.36. The summed E-state index contributed by atoms with van der Waals surface area (Å²) < 4.78 is 7.22. The number of carbonyl (C=O) groups excluding carboxylic acids is 2. The van der Waals surface area contributed by atoms with Crippen LogP contribution in [-0.4, -0.2) is 28.1 Å². The summed E-state index contributed by atoms with van der Waals surface area (Å²) >= 11 is 0. The van der Waals surface area contributed by atoms with Crippen molar-refractivity contribution in [2.75, 3.05) is 11.9 Å². The lowest BCUT2D eigenvalue weighted by atomic mass is 10.1. The van der Waals surface area contributed by atoms with E-state index >= 15 is 0 Å². The molecule has 25 heavy (non-hydrogen) atoms. The van der Waals surface area contributed by atoms with Gasteiger partial charge >= 0.3 is 0 Å². The normalized spacial score (nSPS) is 10.7. The number of hydrogen-bond donors (Lipinski definition) is 1. The number of hydrogen-bond acceptors (Lipinski definition) is 4. The van der Waals surface area contributed by atoms with Crippen LogP contribution in [0, 0.1) is 0 Å². The maximum Gasteiger partial charge on any atom is 0.225 e. The molecule has 1 heterocycles. The summed E-state index contributed by atoms with van der Waals surface area (Å²) in [7, 11) is 0. The Balaban J connectivity index is 1.84. The van der Waals surface area contributed by atoms with Gasteiger partial charge in [0.15, 0.2) is 5.78 Å². The van der Waals surface area contributed by atoms with Crippen LogP contribution in [-0.2, 0) is 4.79 Å². The van der Waals surface area contributed by atoms with Gasteiger partial charge in [0.25, 0.3) is 0 Å². The Hall–Kier alpha value is -2.63. The predicted octanol–water partition coefficient (Wildman–Crippen LogP) is 3.85. The van der Waals surface area contributed by atoms with Gasteiger partial charge in [0, 0.05) is 30.5 Å². The Kier molecular flexibility index (Phi) is 6.74. The summed E-state index contributed by atoms with van der Waals surface area (Å²) in [4.78, 5) is 24.3. The van der Waals surface area contributed by atoms with E-state index in [0.717, 1.165) is 12.2 Å². The van der Waals surface area contributed by atoms with E-state index in [9.17, 15) is 9.59 Å². The van der Waals surface area contributed by atoms with Crippen LogP contribution in [0.4, 0.5) is 5.82 Å². The van der Waals surface area contributed by atoms with Crippen molar-refractivity contribution in [1.29, 1.82) is 0 Å². The van der Waals surface area contributed by atoms with Crippen LogP contribution >= 0.6 is 0 Å². The fourth-order valence-corrected chi connectivity index (χ4v) is 2.36. The van der Waals surface area contributed by atoms with Crippen LogP contribution in [0.2, 0.25) is 0 Å². The summed E-state index contributed by atoms with van der Waals surface area (Å²) in [6.45, 7) is 6.66. The topological polar surface area (TPSA) is 73.2 Å². The van der Waals surface area contributed by atoms with Crippen LogP contribution < -0.4 is 10.1 Å². The zero-order valence-electron chi connectivity index (χ0n) is 15.0. The molecule has 0 unspecified atom stereocenters. The van der Waals surface area contributed by atoms with Gasteiger partial charge in [-0.25, -0.2) is 4.68 Å². The van der Waals surface area contributed by atoms with Crippen molar-refractivity contribution in [3.05, 3.63) is 42.1 Å². The molecule has 1 amide bonds. The molecule has 0 fully saturated rings. The average molecular weight is 343 g/mol. The minimum absolute atomic E-state index is 0.0606. The number of amides is 1. The molecule has 0 bridgehead atoms. The minimum atomic E-state index is -0.196. The van der Waals surface area contributed by atoms with Crippen molar-refractivity contribution in [3.8, 4) is 5.75 Å². The third kappa shape index (κ3) is 5.45. The van der Waals surface area contributed by atoms with Gasteiger partial charge in [-0.1, -0.05) is 6.92 Å². The molecule has 6 nitrogen and oxygen atoms in total. The molecule has 1 aromatic heterocycles. The number of ether oxygens (including phenoxy) is 1. The highest BCUT2D eigenvalue weighted by atomic mass is 16.5. The smallest absolute Gasteiger partial charge is 0.225 e. The van der Waals surface area contributed by atoms with Crippen molar-refractivity contribution in [3.63, 3.8) is 0 Å². The molecule has 1 aromatic carbocycles. The van der Waals surface area contributed by atoms with Crippen molar-refractivity contribution in [2.45, 2.75) is 46.1 Å². The van der Waals surface area contributed by atoms with Gasteiger partial charge in [-0.15, -0.1) is 0 Å². The Morgan fingerprint density at radius 3 is 2.52 bits per heavy atom. The second-order valence-electron chi connectivity index (χ2n) is 6.10. The first-order chi connectivity index (χ1) is 12.0. The van der Waals surface area contributed by atoms with Gasteiger partial charge in [-0.3, -0.25) is 9.59 Å². The molecule has 2 aromatic rings. The van der Waals surface area contributed by atoms with Crippen LogP contribution in [0.5, 0.6) is 5.75 Å². The molecule has 6 heteroatoms. The van der Waals surface area contributed by atoms with E-state index in [0.29, 0.717) is 18.0 Å². The summed E-state index contributed by atoms with van der Waals surface area (Å²) in [5.41, 5.74) is 0.587. The third-order valence-corrected chi connectivity index (χ3v) is 3.66. The van der Waals surface area contributed by atoms with E-state index in [1.165, 1.54) is 0 Å². The molecule has 1 N–H and O–H groups in total. The van der Waals surface area contributed by atoms with Crippen LogP contribution in [0.15, 0.2) is 36.5 Å². The summed E-state index contributed by atoms with van der Waals surface area (Å²) in [5, 5.41) is 6.96. The van der Waals surface area contributed by atoms with E-state index < -0.39 is 0 Å². The number of aromatic nitrogens is 2. The maximum atomic E-state index is 12.2. The minimum Gasteiger partial charge on any atom is -0.494 e. The number of rotatable bonds is 9. The molecule has 0 spiro atoms. The number of nitrogens with one attached hydrogen (secondary N) is 1. The maximum absolute atomic E-state index is 12.2. The molecule has 0 aliphatic rings. The van der Waals surface area contributed by atoms with Crippen LogP contribution in [0.3, 0.4) is 0 Å². The first-order valence-corrected chi connectivity index (χ1v) is 8.60. The second kappa shape index (κ2) is 9.01. The highest BCUT2D eigenvalue weighted by Crippen LogP contribution is 2.16. The van der Waals surface area contributed by atoms with Crippen molar-refractivity contribution in [1.82, 2.24) is 9.78 Å². The summed E-state index contributed by atoms with van der Waals surface area (Å²) in [5.74, 6) is 1.14. The molecule has 0 radical (unpaired) electrons. The molecule has 134 valence electrons. The SMILES string of the molecule is CCCOc1ccc(C(=O)CCC(=O)Nc2ccnn2C(C)C)cc1. The quantitative estimate of drug-likeness (QED) is 0.702. The van der Waals surface area contributed by atoms with E-state index in [1.54, 1.807) is 41.2 Å². The lowest BCUT2D eigenvalue weighted by Crippen LogP contribution is -2.17. The van der Waals surface area contributed by atoms with Crippen LogP contribution in [0.25, 0.3) is 0 Å². The van der Waals surface area contributed by atoms with Gasteiger partial charge in [0.1, 0.15) is 11.6 Å². The Morgan fingerprint density at radius 1 is 1.16 bits per heavy atom. The van der Waals surface area contributed by atoms with E-state index in [-0.39, 0.29) is 30.6 Å². The van der Waals surface area contributed by atoms with Crippen LogP contribution in [0.1, 0.15) is 56.4 Å². The lowest BCUT2D eigenvalue weighted by molar-refractivity contribution is -0.116. The van der Waals surface area contributed by atoms with Crippen molar-refractivity contribution in [2.24, 2.45) is 0 Å². The number of anilines is 1. The monoisotopic (exact) mass is 343 g/mol. The molecular formula is C19H25N3O3. The Bertz CT molecular complexity index is 705. The fraction of sp³-hybridized carbons (Fsp3) is 0.421. The highest BCUT2D eigenvalue weighted by molar-refractivity contribution is 5.99. The number of Topliss-reactive ketones (excluding diaryl/α,β-unsaturated/α-hetero) is 1. The van der Waals surface area contributed by atoms with Gasteiger partial charge < -0.3 is 10.1 Å². The van der Waals surface area contributed by atoms with Gasteiger partial charge in [0.05, 0.1) is 12.8 Å². The average Bonchev–Trinajstić information content (AvgIpc) is 3.06. The standard InChI is InChI=1S/C19H25N3O3/c1-4-13-25-16-7-5-15(6-8-16)17(23)9-10-19(24)21-18-11-12-20-22(18)14(2)3/h5-8,11-12,14H,4,9-10,13H2,1-3H3,(H,21,24). The molecular weight excluding hydrogens is 318 g/mol. The number of carbonyl (C=O) groups is 2. The van der Waals surface area contributed by atoms with Gasteiger partial charge in [0.2, 0.25) is 5.91 Å². The Labute approximate surface area is 148 Å². The lowest BCUT2D eigenvalue weighted by Gasteiger charge is -2.11. The second-order valence-corrected chi connectivity index (χ2v) is 6.10.